The number of hydrogen-bond donors (Lipinski definition) is 5. The number of nitrogen functional groups attached to an aromatic ring is 1. The Balaban J connectivity index is 1.56. The summed E-state index contributed by atoms with van der Waals surface area (Å²) in [7, 11) is 0. The molecule has 0 spiro atoms. The zero-order valence-corrected chi connectivity index (χ0v) is 16.1. The van der Waals surface area contributed by atoms with Crippen molar-refractivity contribution in [1.82, 2.24) is 19.5 Å². The number of halogens is 1. The van der Waals surface area contributed by atoms with Gasteiger partial charge in [-0.3, -0.25) is 4.57 Å². The number of fused-ring (bicyclic) bond motifs is 1. The quantitative estimate of drug-likeness (QED) is 0.379. The van der Waals surface area contributed by atoms with Crippen molar-refractivity contribution < 1.29 is 20.1 Å². The number of anilines is 2. The Bertz CT molecular complexity index is 998. The molecule has 154 valence electrons. The van der Waals surface area contributed by atoms with E-state index in [0.717, 1.165) is 12.0 Å². The van der Waals surface area contributed by atoms with Crippen LogP contribution in [-0.2, 0) is 11.2 Å². The lowest BCUT2D eigenvalue weighted by molar-refractivity contribution is -0.0511. The van der Waals surface area contributed by atoms with Gasteiger partial charge in [0.15, 0.2) is 23.2 Å². The van der Waals surface area contributed by atoms with Crippen LogP contribution in [0.1, 0.15) is 11.8 Å². The molecule has 4 atom stereocenters. The van der Waals surface area contributed by atoms with Gasteiger partial charge in [0.05, 0.1) is 12.9 Å². The molecule has 0 unspecified atom stereocenters. The molecular weight excluding hydrogens is 400 g/mol. The molecule has 1 saturated heterocycles. The van der Waals surface area contributed by atoms with Crippen LogP contribution in [-0.4, -0.2) is 66.3 Å². The smallest absolute Gasteiger partial charge is 0.224 e. The van der Waals surface area contributed by atoms with E-state index in [1.54, 1.807) is 0 Å². The Kier molecular flexibility index (Phi) is 5.52. The number of ether oxygens (including phenoxy) is 1. The minimum absolute atomic E-state index is 0.0278. The van der Waals surface area contributed by atoms with Crippen molar-refractivity contribution in [2.45, 2.75) is 31.0 Å². The van der Waals surface area contributed by atoms with Crippen LogP contribution < -0.4 is 11.1 Å². The molecule has 0 saturated carbocycles. The maximum Gasteiger partial charge on any atom is 0.224 e. The molecule has 4 rings (SSSR count). The zero-order chi connectivity index (χ0) is 20.5. The van der Waals surface area contributed by atoms with Gasteiger partial charge in [0.25, 0.3) is 0 Å². The van der Waals surface area contributed by atoms with Crippen molar-refractivity contribution in [3.05, 3.63) is 41.2 Å². The second kappa shape index (κ2) is 8.09. The molecule has 29 heavy (non-hydrogen) atoms. The minimum atomic E-state index is -1.25. The third-order valence-corrected chi connectivity index (χ3v) is 5.10. The van der Waals surface area contributed by atoms with Gasteiger partial charge in [-0.15, -0.1) is 0 Å². The van der Waals surface area contributed by atoms with Crippen molar-refractivity contribution in [2.75, 3.05) is 24.2 Å². The highest BCUT2D eigenvalue weighted by Gasteiger charge is 2.44. The van der Waals surface area contributed by atoms with Crippen molar-refractivity contribution in [2.24, 2.45) is 0 Å². The first-order valence-electron chi connectivity index (χ1n) is 9.08. The highest BCUT2D eigenvalue weighted by Crippen LogP contribution is 2.32. The number of hydrogen-bond acceptors (Lipinski definition) is 9. The zero-order valence-electron chi connectivity index (χ0n) is 15.3. The first-order chi connectivity index (χ1) is 14.0. The van der Waals surface area contributed by atoms with E-state index in [9.17, 15) is 15.3 Å². The van der Waals surface area contributed by atoms with Crippen molar-refractivity contribution in [3.63, 3.8) is 0 Å². The lowest BCUT2D eigenvalue weighted by Crippen LogP contribution is -2.33. The summed E-state index contributed by atoms with van der Waals surface area (Å²) in [6, 6.07) is 7.57. The Hall–Kier alpha value is -2.50. The molecule has 10 nitrogen and oxygen atoms in total. The molecule has 0 aliphatic carbocycles. The van der Waals surface area contributed by atoms with Crippen LogP contribution >= 0.6 is 11.6 Å². The number of benzene rings is 1. The Morgan fingerprint density at radius 1 is 1.17 bits per heavy atom. The molecule has 11 heteroatoms. The molecule has 0 bridgehead atoms. The number of aliphatic hydroxyl groups is 3. The molecule has 6 N–H and O–H groups in total. The van der Waals surface area contributed by atoms with Crippen LogP contribution in [0.2, 0.25) is 5.02 Å². The second-order valence-electron chi connectivity index (χ2n) is 6.79. The van der Waals surface area contributed by atoms with Crippen molar-refractivity contribution >= 4 is 34.5 Å². The average Bonchev–Trinajstić information content (AvgIpc) is 3.24. The van der Waals surface area contributed by atoms with Gasteiger partial charge < -0.3 is 31.1 Å². The van der Waals surface area contributed by atoms with E-state index in [2.05, 4.69) is 20.3 Å². The predicted octanol–water partition coefficient (Wildman–Crippen LogP) is 0.328. The van der Waals surface area contributed by atoms with Crippen molar-refractivity contribution in [3.8, 4) is 0 Å². The summed E-state index contributed by atoms with van der Waals surface area (Å²) in [6.45, 7) is 0.157. The normalized spacial score (nSPS) is 24.3. The molecule has 0 radical (unpaired) electrons. The van der Waals surface area contributed by atoms with Crippen LogP contribution in [0.5, 0.6) is 0 Å². The topological polar surface area (TPSA) is 152 Å². The maximum atomic E-state index is 10.3. The van der Waals surface area contributed by atoms with Crippen LogP contribution in [0, 0.1) is 0 Å². The fourth-order valence-corrected chi connectivity index (χ4v) is 3.45. The third-order valence-electron chi connectivity index (χ3n) is 4.85. The van der Waals surface area contributed by atoms with Gasteiger partial charge in [0.2, 0.25) is 5.95 Å². The molecule has 0 amide bonds. The van der Waals surface area contributed by atoms with E-state index >= 15 is 0 Å². The molecule has 3 aromatic rings. The van der Waals surface area contributed by atoms with Crippen LogP contribution in [0.25, 0.3) is 11.2 Å². The Morgan fingerprint density at radius 2 is 1.93 bits per heavy atom. The lowest BCUT2D eigenvalue weighted by atomic mass is 10.1. The molecule has 1 aliphatic rings. The molecule has 3 heterocycles. The van der Waals surface area contributed by atoms with E-state index in [4.69, 9.17) is 22.1 Å². The number of nitrogens with one attached hydrogen (secondary N) is 1. The van der Waals surface area contributed by atoms with E-state index in [-0.39, 0.29) is 5.95 Å². The van der Waals surface area contributed by atoms with E-state index in [0.29, 0.717) is 28.5 Å². The van der Waals surface area contributed by atoms with Gasteiger partial charge in [0.1, 0.15) is 18.3 Å². The Morgan fingerprint density at radius 3 is 2.62 bits per heavy atom. The summed E-state index contributed by atoms with van der Waals surface area (Å²) < 4.78 is 7.03. The van der Waals surface area contributed by atoms with Gasteiger partial charge in [-0.25, -0.2) is 4.98 Å². The van der Waals surface area contributed by atoms with Gasteiger partial charge in [-0.2, -0.15) is 9.97 Å². The van der Waals surface area contributed by atoms with Gasteiger partial charge in [0, 0.05) is 11.6 Å². The van der Waals surface area contributed by atoms with Crippen LogP contribution in [0.4, 0.5) is 11.8 Å². The average molecular weight is 421 g/mol. The van der Waals surface area contributed by atoms with E-state index < -0.39 is 31.1 Å². The van der Waals surface area contributed by atoms with E-state index in [1.165, 1.54) is 10.9 Å². The number of nitrogens with two attached hydrogens (primary N) is 1. The summed E-state index contributed by atoms with van der Waals surface area (Å²) >= 11 is 5.90. The highest BCUT2D eigenvalue weighted by atomic mass is 35.5. The predicted molar refractivity (Wildman–Crippen MR) is 106 cm³/mol. The lowest BCUT2D eigenvalue weighted by Gasteiger charge is -2.16. The van der Waals surface area contributed by atoms with Crippen LogP contribution in [0.3, 0.4) is 0 Å². The summed E-state index contributed by atoms with van der Waals surface area (Å²) in [6.07, 6.45) is -2.16. The first kappa shape index (κ1) is 19.8. The number of imidazole rings is 1. The number of nitrogens with zero attached hydrogens (tertiary/aromatic N) is 4. The third kappa shape index (κ3) is 3.85. The van der Waals surface area contributed by atoms with E-state index in [1.807, 2.05) is 24.3 Å². The Labute approximate surface area is 170 Å². The van der Waals surface area contributed by atoms with Gasteiger partial charge >= 0.3 is 0 Å². The molecule has 1 fully saturated rings. The van der Waals surface area contributed by atoms with Crippen molar-refractivity contribution in [1.29, 1.82) is 0 Å². The molecule has 1 aromatic carbocycles. The number of aliphatic hydroxyl groups excluding tert-OH is 3. The summed E-state index contributed by atoms with van der Waals surface area (Å²) in [5, 5.41) is 33.5. The first-order valence-corrected chi connectivity index (χ1v) is 9.46. The van der Waals surface area contributed by atoms with Gasteiger partial charge in [-0.1, -0.05) is 23.7 Å². The number of rotatable bonds is 6. The molecular formula is C18H21ClN6O4. The maximum absolute atomic E-state index is 10.3. The molecule has 2 aromatic heterocycles. The highest BCUT2D eigenvalue weighted by molar-refractivity contribution is 6.30. The second-order valence-corrected chi connectivity index (χ2v) is 7.22. The number of aromatic nitrogens is 4. The summed E-state index contributed by atoms with van der Waals surface area (Å²) in [5.41, 5.74) is 7.76. The standard InChI is InChI=1S/C18H21ClN6O4/c19-10-3-1-9(2-4-10)5-6-21-15-12-16(24-18(20)23-15)25(8-22-12)17-14(28)13(27)11(7-26)29-17/h1-4,8,11,13-14,17,26-28H,5-7H2,(H3,20,21,23,24)/t11-,13-,14-,17-/m1/s1. The fraction of sp³-hybridized carbons (Fsp3) is 0.389. The largest absolute Gasteiger partial charge is 0.394 e. The monoisotopic (exact) mass is 420 g/mol. The van der Waals surface area contributed by atoms with Gasteiger partial charge in [-0.05, 0) is 24.1 Å². The minimum Gasteiger partial charge on any atom is -0.394 e. The summed E-state index contributed by atoms with van der Waals surface area (Å²) in [4.78, 5) is 12.7. The fourth-order valence-electron chi connectivity index (χ4n) is 3.33. The van der Waals surface area contributed by atoms with Crippen LogP contribution in [0.15, 0.2) is 30.6 Å². The summed E-state index contributed by atoms with van der Waals surface area (Å²) in [5.74, 6) is 0.479. The molecule has 1 aliphatic heterocycles. The SMILES string of the molecule is Nc1nc(NCCc2ccc(Cl)cc2)c2ncn([C@@H]3O[C@H](CO)[C@@H](O)[C@H]3O)c2n1.